The van der Waals surface area contributed by atoms with Crippen LogP contribution in [0.4, 0.5) is 0 Å². The molecule has 0 heterocycles. The van der Waals surface area contributed by atoms with Crippen LogP contribution in [0.1, 0.15) is 80.8 Å². The molecule has 0 spiro atoms. The second-order valence-electron chi connectivity index (χ2n) is 5.29. The summed E-state index contributed by atoms with van der Waals surface area (Å²) in [6.07, 6.45) is 8.70. The lowest BCUT2D eigenvalue weighted by Gasteiger charge is -2.09. The molecule has 19 heavy (non-hydrogen) atoms. The predicted molar refractivity (Wildman–Crippen MR) is 82.9 cm³/mol. The second-order valence-corrected chi connectivity index (χ2v) is 5.29. The lowest BCUT2D eigenvalue weighted by molar-refractivity contribution is 0.0978. The zero-order valence-electron chi connectivity index (χ0n) is 12.8. The van der Waals surface area contributed by atoms with Gasteiger partial charge in [0.2, 0.25) is 0 Å². The van der Waals surface area contributed by atoms with E-state index < -0.39 is 0 Å². The highest BCUT2D eigenvalue weighted by Crippen LogP contribution is 2.17. The minimum absolute atomic E-state index is 0.337. The van der Waals surface area contributed by atoms with Crippen molar-refractivity contribution in [2.45, 2.75) is 72.1 Å². The van der Waals surface area contributed by atoms with Crippen molar-refractivity contribution in [3.8, 4) is 0 Å². The van der Waals surface area contributed by atoms with Crippen LogP contribution < -0.4 is 0 Å². The molecule has 0 saturated carbocycles. The van der Waals surface area contributed by atoms with Crippen LogP contribution in [0.25, 0.3) is 0 Å². The number of ketones is 1. The summed E-state index contributed by atoms with van der Waals surface area (Å²) >= 11 is 0. The van der Waals surface area contributed by atoms with Gasteiger partial charge >= 0.3 is 0 Å². The molecule has 0 unspecified atom stereocenters. The van der Waals surface area contributed by atoms with Crippen molar-refractivity contribution in [3.63, 3.8) is 0 Å². The van der Waals surface area contributed by atoms with Crippen LogP contribution in [0.3, 0.4) is 0 Å². The Morgan fingerprint density at radius 1 is 0.947 bits per heavy atom. The van der Waals surface area contributed by atoms with Crippen LogP contribution in [-0.4, -0.2) is 5.78 Å². The molecule has 0 aliphatic carbocycles. The fraction of sp³-hybridized carbons (Fsp3) is 0.611. The summed E-state index contributed by atoms with van der Waals surface area (Å²) < 4.78 is 0. The Bertz CT molecular complexity index is 393. The number of unbranched alkanes of at least 4 members (excludes halogenated alkanes) is 4. The summed E-state index contributed by atoms with van der Waals surface area (Å²) in [7, 11) is 0. The Labute approximate surface area is 118 Å². The maximum atomic E-state index is 12.3. The molecule has 1 aromatic carbocycles. The van der Waals surface area contributed by atoms with Crippen LogP contribution in [0, 0.1) is 0 Å². The fourth-order valence-corrected chi connectivity index (χ4v) is 2.44. The first kappa shape index (κ1) is 15.9. The lowest BCUT2D eigenvalue weighted by Crippen LogP contribution is -2.04. The molecule has 1 rings (SSSR count). The molecule has 0 radical (unpaired) electrons. The first-order valence-corrected chi connectivity index (χ1v) is 7.87. The normalized spacial score (nSPS) is 10.7. The molecule has 0 saturated heterocycles. The molecule has 0 atom stereocenters. The number of benzene rings is 1. The number of carbonyl (C=O) groups excluding carboxylic acids is 1. The average Bonchev–Trinajstić information content (AvgIpc) is 2.46. The number of carbonyl (C=O) groups is 1. The van der Waals surface area contributed by atoms with Crippen LogP contribution >= 0.6 is 0 Å². The number of rotatable bonds is 9. The lowest BCUT2D eigenvalue weighted by atomic mass is 9.95. The van der Waals surface area contributed by atoms with Gasteiger partial charge in [0.1, 0.15) is 0 Å². The molecule has 1 aromatic rings. The standard InChI is InChI=1S/C18H28O/c1-4-7-8-9-10-11-18(19)17-14-15(5-2)12-13-16(17)6-3/h12-14H,4-11H2,1-3H3. The quantitative estimate of drug-likeness (QED) is 0.432. The Balaban J connectivity index is 2.59. The van der Waals surface area contributed by atoms with Crippen LogP contribution in [0.5, 0.6) is 0 Å². The molecule has 0 aliphatic heterocycles. The summed E-state index contributed by atoms with van der Waals surface area (Å²) in [6.45, 7) is 6.48. The maximum absolute atomic E-state index is 12.3. The van der Waals surface area contributed by atoms with Crippen LogP contribution in [0.2, 0.25) is 0 Å². The third-order valence-electron chi connectivity index (χ3n) is 3.77. The van der Waals surface area contributed by atoms with Gasteiger partial charge in [0, 0.05) is 12.0 Å². The zero-order valence-corrected chi connectivity index (χ0v) is 12.8. The highest BCUT2D eigenvalue weighted by Gasteiger charge is 2.10. The number of hydrogen-bond donors (Lipinski definition) is 0. The van der Waals surface area contributed by atoms with Crippen LogP contribution in [-0.2, 0) is 12.8 Å². The molecule has 0 fully saturated rings. The van der Waals surface area contributed by atoms with E-state index in [0.717, 1.165) is 24.8 Å². The van der Waals surface area contributed by atoms with E-state index in [1.54, 1.807) is 0 Å². The van der Waals surface area contributed by atoms with Crippen molar-refractivity contribution in [2.75, 3.05) is 0 Å². The van der Waals surface area contributed by atoms with E-state index in [-0.39, 0.29) is 0 Å². The fourth-order valence-electron chi connectivity index (χ4n) is 2.44. The number of Topliss-reactive ketones (excluding diaryl/α,β-unsaturated/α-hetero) is 1. The average molecular weight is 260 g/mol. The molecule has 0 aromatic heterocycles. The van der Waals surface area contributed by atoms with Gasteiger partial charge in [0.15, 0.2) is 5.78 Å². The van der Waals surface area contributed by atoms with E-state index >= 15 is 0 Å². The topological polar surface area (TPSA) is 17.1 Å². The van der Waals surface area contributed by atoms with Gasteiger partial charge in [-0.3, -0.25) is 4.79 Å². The highest BCUT2D eigenvalue weighted by atomic mass is 16.1. The van der Waals surface area contributed by atoms with Gasteiger partial charge in [-0.2, -0.15) is 0 Å². The Kier molecular flexibility index (Phi) is 7.47. The minimum Gasteiger partial charge on any atom is -0.294 e. The van der Waals surface area contributed by atoms with Crippen molar-refractivity contribution in [1.29, 1.82) is 0 Å². The van der Waals surface area contributed by atoms with Gasteiger partial charge in [-0.15, -0.1) is 0 Å². The molecular formula is C18H28O. The first-order valence-electron chi connectivity index (χ1n) is 7.87. The van der Waals surface area contributed by atoms with Gasteiger partial charge in [-0.1, -0.05) is 58.6 Å². The Morgan fingerprint density at radius 3 is 2.32 bits per heavy atom. The smallest absolute Gasteiger partial charge is 0.163 e. The van der Waals surface area contributed by atoms with E-state index in [2.05, 4.69) is 39.0 Å². The second kappa shape index (κ2) is 8.90. The van der Waals surface area contributed by atoms with Gasteiger partial charge in [0.25, 0.3) is 0 Å². The number of hydrogen-bond acceptors (Lipinski definition) is 1. The molecule has 0 aliphatic rings. The van der Waals surface area contributed by atoms with Crippen LogP contribution in [0.15, 0.2) is 18.2 Å². The van der Waals surface area contributed by atoms with E-state index in [1.165, 1.54) is 36.8 Å². The summed E-state index contributed by atoms with van der Waals surface area (Å²) in [5.74, 6) is 0.337. The maximum Gasteiger partial charge on any atom is 0.163 e. The molecule has 0 N–H and O–H groups in total. The molecule has 1 heteroatoms. The van der Waals surface area contributed by atoms with Crippen molar-refractivity contribution in [2.24, 2.45) is 0 Å². The number of aryl methyl sites for hydroxylation is 2. The Hall–Kier alpha value is -1.11. The molecular weight excluding hydrogens is 232 g/mol. The molecule has 1 nitrogen and oxygen atoms in total. The highest BCUT2D eigenvalue weighted by molar-refractivity contribution is 5.97. The van der Waals surface area contributed by atoms with Crippen molar-refractivity contribution < 1.29 is 4.79 Å². The van der Waals surface area contributed by atoms with E-state index in [9.17, 15) is 4.79 Å². The summed E-state index contributed by atoms with van der Waals surface area (Å²) in [4.78, 5) is 12.3. The van der Waals surface area contributed by atoms with Gasteiger partial charge in [0.05, 0.1) is 0 Å². The minimum atomic E-state index is 0.337. The third kappa shape index (κ3) is 5.18. The van der Waals surface area contributed by atoms with Crippen molar-refractivity contribution in [3.05, 3.63) is 34.9 Å². The molecule has 0 bridgehead atoms. The summed E-state index contributed by atoms with van der Waals surface area (Å²) in [6, 6.07) is 6.38. The van der Waals surface area contributed by atoms with Gasteiger partial charge in [-0.25, -0.2) is 0 Å². The van der Waals surface area contributed by atoms with E-state index in [1.807, 2.05) is 0 Å². The molecule has 0 amide bonds. The first-order chi connectivity index (χ1) is 9.22. The van der Waals surface area contributed by atoms with Gasteiger partial charge < -0.3 is 0 Å². The Morgan fingerprint density at radius 2 is 1.68 bits per heavy atom. The third-order valence-corrected chi connectivity index (χ3v) is 3.77. The van der Waals surface area contributed by atoms with Crippen molar-refractivity contribution >= 4 is 5.78 Å². The zero-order chi connectivity index (χ0) is 14.1. The summed E-state index contributed by atoms with van der Waals surface area (Å²) in [5, 5.41) is 0. The van der Waals surface area contributed by atoms with E-state index in [0.29, 0.717) is 12.2 Å². The molecule has 106 valence electrons. The predicted octanol–water partition coefficient (Wildman–Crippen LogP) is 5.35. The van der Waals surface area contributed by atoms with Gasteiger partial charge in [-0.05, 0) is 36.5 Å². The van der Waals surface area contributed by atoms with E-state index in [4.69, 9.17) is 0 Å². The largest absolute Gasteiger partial charge is 0.294 e. The van der Waals surface area contributed by atoms with Crippen molar-refractivity contribution in [1.82, 2.24) is 0 Å². The SMILES string of the molecule is CCCCCCCC(=O)c1cc(CC)ccc1CC. The summed E-state index contributed by atoms with van der Waals surface area (Å²) in [5.41, 5.74) is 3.44. The monoisotopic (exact) mass is 260 g/mol.